The number of rotatable bonds is 10. The largest absolute Gasteiger partial charge is 0.481 e. The van der Waals surface area contributed by atoms with Crippen LogP contribution in [0, 0.1) is 0 Å². The molecule has 0 spiro atoms. The SMILES string of the molecule is C.CS(=O)(=O)c1ccc(NC(=O)N(Cc2ccc(C(=O)NCCC(=O)O)cc2)c2ccc(C3=CCCCC3)cc2)s1. The smallest absolute Gasteiger partial charge is 0.327 e. The second kappa shape index (κ2) is 14.1. The lowest BCUT2D eigenvalue weighted by molar-refractivity contribution is -0.136. The van der Waals surface area contributed by atoms with Gasteiger partial charge in [-0.15, -0.1) is 11.3 Å². The molecule has 0 saturated heterocycles. The molecule has 0 atom stereocenters. The number of amides is 3. The highest BCUT2D eigenvalue weighted by Crippen LogP contribution is 2.30. The van der Waals surface area contributed by atoms with E-state index in [1.807, 2.05) is 24.3 Å². The van der Waals surface area contributed by atoms with Crippen molar-refractivity contribution in [3.05, 3.63) is 83.4 Å². The predicted octanol–water partition coefficient (Wildman–Crippen LogP) is 6.19. The normalized spacial score (nSPS) is 13.0. The molecule has 1 aliphatic rings. The Morgan fingerprint density at radius 1 is 0.976 bits per heavy atom. The van der Waals surface area contributed by atoms with Crippen LogP contribution in [0.1, 0.15) is 61.0 Å². The molecular formula is C30H35N3O6S2. The third-order valence-corrected chi connectivity index (χ3v) is 9.26. The monoisotopic (exact) mass is 597 g/mol. The van der Waals surface area contributed by atoms with Crippen LogP contribution in [0.3, 0.4) is 0 Å². The van der Waals surface area contributed by atoms with Gasteiger partial charge in [0.25, 0.3) is 5.91 Å². The number of nitrogens with one attached hydrogen (secondary N) is 2. The highest BCUT2D eigenvalue weighted by atomic mass is 32.2. The van der Waals surface area contributed by atoms with Gasteiger partial charge in [-0.3, -0.25) is 19.8 Å². The first-order valence-electron chi connectivity index (χ1n) is 12.9. The fourth-order valence-electron chi connectivity index (χ4n) is 4.32. The molecule has 3 N–H and O–H groups in total. The second-order valence-corrected chi connectivity index (χ2v) is 12.9. The minimum absolute atomic E-state index is 0. The molecular weight excluding hydrogens is 562 g/mol. The van der Waals surface area contributed by atoms with Gasteiger partial charge < -0.3 is 10.4 Å². The van der Waals surface area contributed by atoms with E-state index in [4.69, 9.17) is 5.11 Å². The number of thiophene rings is 1. The Balaban J connectivity index is 0.00000462. The van der Waals surface area contributed by atoms with Crippen molar-refractivity contribution in [2.45, 2.75) is 50.3 Å². The van der Waals surface area contributed by atoms with E-state index in [9.17, 15) is 22.8 Å². The average molecular weight is 598 g/mol. The van der Waals surface area contributed by atoms with Crippen LogP contribution in [0.15, 0.2) is 70.9 Å². The van der Waals surface area contributed by atoms with Gasteiger partial charge in [0.15, 0.2) is 9.84 Å². The van der Waals surface area contributed by atoms with Gasteiger partial charge in [0.1, 0.15) is 4.21 Å². The van der Waals surface area contributed by atoms with Gasteiger partial charge in [0, 0.05) is 24.1 Å². The summed E-state index contributed by atoms with van der Waals surface area (Å²) in [4.78, 5) is 38.0. The lowest BCUT2D eigenvalue weighted by Crippen LogP contribution is -2.34. The number of carbonyl (C=O) groups is 3. The molecule has 1 aliphatic carbocycles. The molecule has 0 unspecified atom stereocenters. The number of carboxylic acids is 1. The maximum atomic E-state index is 13.5. The Labute approximate surface area is 244 Å². The van der Waals surface area contributed by atoms with Crippen molar-refractivity contribution in [2.75, 3.05) is 23.0 Å². The maximum Gasteiger partial charge on any atom is 0.327 e. The van der Waals surface area contributed by atoms with E-state index in [1.54, 1.807) is 35.2 Å². The molecule has 41 heavy (non-hydrogen) atoms. The molecule has 0 fully saturated rings. The molecule has 0 radical (unpaired) electrons. The van der Waals surface area contributed by atoms with Gasteiger partial charge in [-0.25, -0.2) is 13.2 Å². The Morgan fingerprint density at radius 2 is 1.68 bits per heavy atom. The topological polar surface area (TPSA) is 133 Å². The van der Waals surface area contributed by atoms with Crippen LogP contribution in [0.2, 0.25) is 0 Å². The van der Waals surface area contributed by atoms with Crippen molar-refractivity contribution in [3.63, 3.8) is 0 Å². The number of hydrogen-bond donors (Lipinski definition) is 3. The first kappa shape index (κ1) is 31.6. The number of carboxylic acid groups (broad SMARTS) is 1. The first-order chi connectivity index (χ1) is 19.1. The molecule has 9 nitrogen and oxygen atoms in total. The van der Waals surface area contributed by atoms with Crippen LogP contribution in [-0.4, -0.2) is 44.2 Å². The molecule has 4 rings (SSSR count). The highest BCUT2D eigenvalue weighted by Gasteiger charge is 2.20. The van der Waals surface area contributed by atoms with Crippen molar-refractivity contribution in [1.82, 2.24) is 5.32 Å². The summed E-state index contributed by atoms with van der Waals surface area (Å²) in [7, 11) is -3.39. The molecule has 2 aromatic carbocycles. The summed E-state index contributed by atoms with van der Waals surface area (Å²) in [6, 6.07) is 17.1. The summed E-state index contributed by atoms with van der Waals surface area (Å²) >= 11 is 0.986. The number of anilines is 2. The van der Waals surface area contributed by atoms with Crippen molar-refractivity contribution < 1.29 is 27.9 Å². The number of carbonyl (C=O) groups excluding carboxylic acids is 2. The summed E-state index contributed by atoms with van der Waals surface area (Å²) in [6.45, 7) is 0.222. The number of aliphatic carboxylic acids is 1. The zero-order valence-electron chi connectivity index (χ0n) is 22.1. The van der Waals surface area contributed by atoms with Crippen LogP contribution >= 0.6 is 11.3 Å². The van der Waals surface area contributed by atoms with Gasteiger partial charge in [-0.1, -0.05) is 37.8 Å². The second-order valence-electron chi connectivity index (χ2n) is 9.53. The Hall–Kier alpha value is -3.96. The van der Waals surface area contributed by atoms with E-state index >= 15 is 0 Å². The fraction of sp³-hybridized carbons (Fsp3) is 0.300. The minimum atomic E-state index is -3.39. The molecule has 1 heterocycles. The van der Waals surface area contributed by atoms with Crippen LogP contribution in [-0.2, 0) is 21.2 Å². The van der Waals surface area contributed by atoms with Gasteiger partial charge in [0.05, 0.1) is 18.0 Å². The Kier molecular flexibility index (Phi) is 10.8. The lowest BCUT2D eigenvalue weighted by Gasteiger charge is -2.24. The third-order valence-electron chi connectivity index (χ3n) is 6.44. The average Bonchev–Trinajstić information content (AvgIpc) is 3.41. The molecule has 218 valence electrons. The van der Waals surface area contributed by atoms with Gasteiger partial charge >= 0.3 is 12.0 Å². The summed E-state index contributed by atoms with van der Waals surface area (Å²) in [6.07, 6.45) is 7.67. The lowest BCUT2D eigenvalue weighted by atomic mass is 9.93. The number of urea groups is 1. The van der Waals surface area contributed by atoms with Gasteiger partial charge in [-0.05, 0) is 78.8 Å². The quantitative estimate of drug-likeness (QED) is 0.255. The molecule has 11 heteroatoms. The molecule has 1 aromatic heterocycles. The zero-order chi connectivity index (χ0) is 28.7. The van der Waals surface area contributed by atoms with Crippen molar-refractivity contribution in [2.24, 2.45) is 0 Å². The number of benzene rings is 2. The molecule has 0 aliphatic heterocycles. The van der Waals surface area contributed by atoms with Crippen LogP contribution in [0.5, 0.6) is 0 Å². The standard InChI is InChI=1S/C29H31N3O6S2.CH4/c1-40(37,38)27-16-15-25(39-27)31-29(36)32(24-13-11-22(12-14-24)21-5-3-2-4-6-21)19-20-7-9-23(10-8-20)28(35)30-18-17-26(33)34;/h5,7-16H,2-4,6,17-19H2,1H3,(H,30,35)(H,31,36)(H,33,34);1H4. The highest BCUT2D eigenvalue weighted by molar-refractivity contribution is 7.92. The van der Waals surface area contributed by atoms with E-state index in [0.29, 0.717) is 16.3 Å². The van der Waals surface area contributed by atoms with Crippen molar-refractivity contribution >= 4 is 55.3 Å². The van der Waals surface area contributed by atoms with E-state index in [-0.39, 0.29) is 37.1 Å². The summed E-state index contributed by atoms with van der Waals surface area (Å²) in [5, 5.41) is 14.5. The summed E-state index contributed by atoms with van der Waals surface area (Å²) < 4.78 is 23.9. The maximum absolute atomic E-state index is 13.5. The third kappa shape index (κ3) is 8.76. The summed E-state index contributed by atoms with van der Waals surface area (Å²) in [5.74, 6) is -1.37. The molecule has 0 saturated carbocycles. The van der Waals surface area contributed by atoms with Crippen molar-refractivity contribution in [1.29, 1.82) is 0 Å². The number of nitrogens with zero attached hydrogens (tertiary/aromatic N) is 1. The van der Waals surface area contributed by atoms with Crippen molar-refractivity contribution in [3.8, 4) is 0 Å². The minimum Gasteiger partial charge on any atom is -0.481 e. The zero-order valence-corrected chi connectivity index (χ0v) is 23.7. The van der Waals surface area contributed by atoms with Gasteiger partial charge in [0.2, 0.25) is 0 Å². The molecule has 3 aromatic rings. The van der Waals surface area contributed by atoms with E-state index in [0.717, 1.165) is 48.0 Å². The number of hydrogen-bond acceptors (Lipinski definition) is 6. The van der Waals surface area contributed by atoms with E-state index < -0.39 is 21.8 Å². The van der Waals surface area contributed by atoms with Gasteiger partial charge in [-0.2, -0.15) is 0 Å². The molecule has 3 amide bonds. The number of allylic oxidation sites excluding steroid dienone is 2. The Bertz CT molecular complexity index is 1510. The fourth-order valence-corrected chi connectivity index (χ4v) is 6.14. The first-order valence-corrected chi connectivity index (χ1v) is 15.6. The summed E-state index contributed by atoms with van der Waals surface area (Å²) in [5.41, 5.74) is 4.23. The Morgan fingerprint density at radius 3 is 2.27 bits per heavy atom. The van der Waals surface area contributed by atoms with E-state index in [2.05, 4.69) is 16.7 Å². The van der Waals surface area contributed by atoms with Crippen LogP contribution in [0.25, 0.3) is 5.57 Å². The van der Waals surface area contributed by atoms with Crippen LogP contribution < -0.4 is 15.5 Å². The predicted molar refractivity (Wildman–Crippen MR) is 163 cm³/mol. The van der Waals surface area contributed by atoms with Crippen LogP contribution in [0.4, 0.5) is 15.5 Å². The van der Waals surface area contributed by atoms with E-state index in [1.165, 1.54) is 18.1 Å². The molecule has 0 bridgehead atoms. The number of sulfone groups is 1.